The summed E-state index contributed by atoms with van der Waals surface area (Å²) in [5.41, 5.74) is 7.25. The fourth-order valence-corrected chi connectivity index (χ4v) is 3.30. The Balaban J connectivity index is 1.92. The molecule has 2 heterocycles. The molecule has 0 spiro atoms. The van der Waals surface area contributed by atoms with E-state index in [1.54, 1.807) is 41.1 Å². The highest BCUT2D eigenvalue weighted by molar-refractivity contribution is 5.99. The monoisotopic (exact) mass is 378 g/mol. The zero-order chi connectivity index (χ0) is 20.3. The lowest BCUT2D eigenvalue weighted by Crippen LogP contribution is -2.57. The van der Waals surface area contributed by atoms with E-state index in [0.717, 1.165) is 6.42 Å². The van der Waals surface area contributed by atoms with E-state index < -0.39 is 6.04 Å². The third-order valence-electron chi connectivity index (χ3n) is 4.85. The Morgan fingerprint density at radius 3 is 2.89 bits per heavy atom. The van der Waals surface area contributed by atoms with Crippen molar-refractivity contribution in [3.63, 3.8) is 0 Å². The molecular formula is C20H22N6O2. The Labute approximate surface area is 163 Å². The minimum absolute atomic E-state index is 0.0272. The van der Waals surface area contributed by atoms with Gasteiger partial charge in [0.05, 0.1) is 11.9 Å². The summed E-state index contributed by atoms with van der Waals surface area (Å²) >= 11 is 0. The van der Waals surface area contributed by atoms with Crippen molar-refractivity contribution in [2.75, 3.05) is 25.9 Å². The van der Waals surface area contributed by atoms with Gasteiger partial charge in [0, 0.05) is 31.3 Å². The van der Waals surface area contributed by atoms with E-state index in [2.05, 4.69) is 9.97 Å². The molecule has 2 N–H and O–H groups in total. The summed E-state index contributed by atoms with van der Waals surface area (Å²) < 4.78 is 0. The minimum Gasteiger partial charge on any atom is -0.381 e. The maximum absolute atomic E-state index is 13.1. The van der Waals surface area contributed by atoms with Gasteiger partial charge in [0.25, 0.3) is 5.91 Å². The molecule has 0 aliphatic carbocycles. The van der Waals surface area contributed by atoms with Crippen molar-refractivity contribution in [3.05, 3.63) is 41.7 Å². The topological polar surface area (TPSA) is 116 Å². The molecule has 8 heteroatoms. The van der Waals surface area contributed by atoms with Crippen molar-refractivity contribution in [1.29, 1.82) is 5.26 Å². The third-order valence-corrected chi connectivity index (χ3v) is 4.85. The van der Waals surface area contributed by atoms with Crippen molar-refractivity contribution in [3.8, 4) is 17.3 Å². The molecule has 1 aromatic carbocycles. The average molecular weight is 378 g/mol. The predicted molar refractivity (Wildman–Crippen MR) is 104 cm³/mol. The highest BCUT2D eigenvalue weighted by atomic mass is 16.2. The number of carbonyl (C=O) groups excluding carboxylic acids is 2. The number of piperazine rings is 1. The number of benzene rings is 1. The Morgan fingerprint density at radius 2 is 2.18 bits per heavy atom. The number of nitrogens with two attached hydrogens (primary N) is 1. The van der Waals surface area contributed by atoms with Crippen LogP contribution in [-0.2, 0) is 4.79 Å². The van der Waals surface area contributed by atoms with Crippen LogP contribution in [0.25, 0.3) is 11.3 Å². The molecule has 1 atom stereocenters. The predicted octanol–water partition coefficient (Wildman–Crippen LogP) is 1.68. The Bertz CT molecular complexity index is 952. The standard InChI is InChI=1S/C20H22N6O2/c1-3-5-17-20(28)25(2)8-9-26(17)19(27)14-7-4-6-13(10-14)16-12-23-18(22)15(11-21)24-16/h4,6-7,10,12,17H,3,5,8-9H2,1-2H3,(H2,22,23). The lowest BCUT2D eigenvalue weighted by Gasteiger charge is -2.39. The molecule has 3 rings (SSSR count). The molecular weight excluding hydrogens is 356 g/mol. The fourth-order valence-electron chi connectivity index (χ4n) is 3.30. The number of nitrogen functional groups attached to an aromatic ring is 1. The smallest absolute Gasteiger partial charge is 0.254 e. The second-order valence-corrected chi connectivity index (χ2v) is 6.74. The molecule has 1 fully saturated rings. The van der Waals surface area contributed by atoms with Gasteiger partial charge in [-0.1, -0.05) is 25.5 Å². The van der Waals surface area contributed by atoms with Crippen LogP contribution < -0.4 is 5.73 Å². The fraction of sp³-hybridized carbons (Fsp3) is 0.350. The molecule has 1 aliphatic rings. The van der Waals surface area contributed by atoms with Crippen LogP contribution in [0.5, 0.6) is 0 Å². The number of carbonyl (C=O) groups is 2. The summed E-state index contributed by atoms with van der Waals surface area (Å²) in [6.45, 7) is 3.01. The van der Waals surface area contributed by atoms with E-state index in [4.69, 9.17) is 11.0 Å². The van der Waals surface area contributed by atoms with Crippen LogP contribution in [0.3, 0.4) is 0 Å². The molecule has 1 aliphatic heterocycles. The third kappa shape index (κ3) is 3.64. The van der Waals surface area contributed by atoms with Crippen molar-refractivity contribution < 1.29 is 9.59 Å². The molecule has 0 bridgehead atoms. The van der Waals surface area contributed by atoms with Gasteiger partial charge < -0.3 is 15.5 Å². The number of hydrogen-bond acceptors (Lipinski definition) is 6. The van der Waals surface area contributed by atoms with E-state index in [9.17, 15) is 9.59 Å². The van der Waals surface area contributed by atoms with E-state index >= 15 is 0 Å². The molecule has 28 heavy (non-hydrogen) atoms. The molecule has 1 unspecified atom stereocenters. The van der Waals surface area contributed by atoms with Gasteiger partial charge in [0.15, 0.2) is 11.5 Å². The van der Waals surface area contributed by atoms with Gasteiger partial charge >= 0.3 is 0 Å². The van der Waals surface area contributed by atoms with E-state index in [0.29, 0.717) is 36.3 Å². The zero-order valence-electron chi connectivity index (χ0n) is 15.9. The molecule has 8 nitrogen and oxygen atoms in total. The van der Waals surface area contributed by atoms with Crippen LogP contribution in [0, 0.1) is 11.3 Å². The van der Waals surface area contributed by atoms with Gasteiger partial charge in [-0.05, 0) is 18.6 Å². The average Bonchev–Trinajstić information content (AvgIpc) is 2.71. The molecule has 0 saturated carbocycles. The van der Waals surface area contributed by atoms with Crippen molar-refractivity contribution in [2.24, 2.45) is 0 Å². The number of rotatable bonds is 4. The summed E-state index contributed by atoms with van der Waals surface area (Å²) in [7, 11) is 1.76. The number of amides is 2. The largest absolute Gasteiger partial charge is 0.381 e. The van der Waals surface area contributed by atoms with Crippen LogP contribution in [0.4, 0.5) is 5.82 Å². The Kier molecular flexibility index (Phi) is 5.54. The second kappa shape index (κ2) is 8.05. The first-order valence-corrected chi connectivity index (χ1v) is 9.15. The number of anilines is 1. The van der Waals surface area contributed by atoms with Gasteiger partial charge in [-0.15, -0.1) is 0 Å². The van der Waals surface area contributed by atoms with Gasteiger partial charge in [-0.25, -0.2) is 9.97 Å². The number of nitrogens with zero attached hydrogens (tertiary/aromatic N) is 5. The van der Waals surface area contributed by atoms with Crippen LogP contribution >= 0.6 is 0 Å². The first-order valence-electron chi connectivity index (χ1n) is 9.15. The summed E-state index contributed by atoms with van der Waals surface area (Å²) in [6, 6.07) is 8.42. The maximum atomic E-state index is 13.1. The molecule has 0 radical (unpaired) electrons. The van der Waals surface area contributed by atoms with Crippen molar-refractivity contribution in [1.82, 2.24) is 19.8 Å². The highest BCUT2D eigenvalue weighted by Gasteiger charge is 2.35. The lowest BCUT2D eigenvalue weighted by atomic mass is 10.0. The van der Waals surface area contributed by atoms with Gasteiger partial charge in [-0.3, -0.25) is 9.59 Å². The van der Waals surface area contributed by atoms with Gasteiger partial charge in [0.2, 0.25) is 5.91 Å². The summed E-state index contributed by atoms with van der Waals surface area (Å²) in [6.07, 6.45) is 2.91. The quantitative estimate of drug-likeness (QED) is 0.865. The molecule has 2 amide bonds. The molecule has 2 aromatic rings. The van der Waals surface area contributed by atoms with Gasteiger partial charge in [0.1, 0.15) is 12.1 Å². The molecule has 1 aromatic heterocycles. The molecule has 144 valence electrons. The molecule has 1 saturated heterocycles. The number of likely N-dealkylation sites (N-methyl/N-ethyl adjacent to an activating group) is 1. The van der Waals surface area contributed by atoms with Crippen LogP contribution in [-0.4, -0.2) is 57.8 Å². The Hall–Kier alpha value is -3.47. The minimum atomic E-state index is -0.443. The summed E-state index contributed by atoms with van der Waals surface area (Å²) in [5, 5.41) is 9.10. The van der Waals surface area contributed by atoms with Crippen LogP contribution in [0.2, 0.25) is 0 Å². The number of hydrogen-bond donors (Lipinski definition) is 1. The second-order valence-electron chi connectivity index (χ2n) is 6.74. The lowest BCUT2D eigenvalue weighted by molar-refractivity contribution is -0.138. The van der Waals surface area contributed by atoms with E-state index in [-0.39, 0.29) is 23.3 Å². The summed E-state index contributed by atoms with van der Waals surface area (Å²) in [4.78, 5) is 37.2. The van der Waals surface area contributed by atoms with Crippen molar-refractivity contribution >= 4 is 17.6 Å². The van der Waals surface area contributed by atoms with Crippen LogP contribution in [0.1, 0.15) is 35.8 Å². The SMILES string of the molecule is CCCC1C(=O)N(C)CCN1C(=O)c1cccc(-c2cnc(N)c(C#N)n2)c1. The zero-order valence-corrected chi connectivity index (χ0v) is 15.9. The van der Waals surface area contributed by atoms with Crippen molar-refractivity contribution in [2.45, 2.75) is 25.8 Å². The van der Waals surface area contributed by atoms with Gasteiger partial charge in [-0.2, -0.15) is 5.26 Å². The van der Waals surface area contributed by atoms with Crippen LogP contribution in [0.15, 0.2) is 30.5 Å². The number of aromatic nitrogens is 2. The first kappa shape index (κ1) is 19.3. The maximum Gasteiger partial charge on any atom is 0.254 e. The normalized spacial score (nSPS) is 16.8. The summed E-state index contributed by atoms with van der Waals surface area (Å²) in [5.74, 6) is -0.150. The Morgan fingerprint density at radius 1 is 1.39 bits per heavy atom. The van der Waals surface area contributed by atoms with E-state index in [1.807, 2.05) is 13.0 Å². The van der Waals surface area contributed by atoms with E-state index in [1.165, 1.54) is 6.20 Å². The first-order chi connectivity index (χ1) is 13.5. The number of nitriles is 1. The highest BCUT2D eigenvalue weighted by Crippen LogP contribution is 2.23.